The number of nitrogens with zero attached hydrogens (tertiary/aromatic N) is 5. The van der Waals surface area contributed by atoms with Gasteiger partial charge in [-0.1, -0.05) is 5.16 Å². The molecule has 2 amide bonds. The average molecular weight is 553 g/mol. The lowest BCUT2D eigenvalue weighted by Gasteiger charge is -2.49. The van der Waals surface area contributed by atoms with E-state index in [1.807, 2.05) is 0 Å². The number of carbonyl (C=O) groups is 3. The number of oxime groups is 1. The number of hydrogen-bond donors (Lipinski definition) is 5. The quantitative estimate of drug-likeness (QED) is 0.0480. The highest BCUT2D eigenvalue weighted by molar-refractivity contribution is 8.01. The normalized spacial score (nSPS) is 19.5. The van der Waals surface area contributed by atoms with Crippen LogP contribution in [0, 0.1) is 0 Å². The zero-order chi connectivity index (χ0) is 26.0. The van der Waals surface area contributed by atoms with Gasteiger partial charge in [-0.15, -0.1) is 27.8 Å². The number of nitrogens with two attached hydrogens (primary N) is 3. The minimum atomic E-state index is -1.24. The van der Waals surface area contributed by atoms with Gasteiger partial charge in [-0.3, -0.25) is 20.3 Å². The summed E-state index contributed by atoms with van der Waals surface area (Å²) in [6.45, 7) is 1.92. The van der Waals surface area contributed by atoms with Crippen LogP contribution in [0.1, 0.15) is 12.6 Å². The number of thioether (sulfide) groups is 2. The highest BCUT2D eigenvalue weighted by Gasteiger charge is 2.54. The summed E-state index contributed by atoms with van der Waals surface area (Å²) in [5, 5.41) is 17.9. The number of aliphatic carboxylic acids is 1. The van der Waals surface area contributed by atoms with Gasteiger partial charge in [0.15, 0.2) is 10.8 Å². The molecule has 0 aromatic carbocycles. The van der Waals surface area contributed by atoms with E-state index in [2.05, 4.69) is 20.4 Å². The molecule has 1 saturated heterocycles. The molecule has 2 atom stereocenters. The molecule has 0 radical (unpaired) electrons. The molecule has 2 aromatic rings. The molecule has 190 valence electrons. The fourth-order valence-electron chi connectivity index (χ4n) is 3.42. The Morgan fingerprint density at radius 1 is 1.42 bits per heavy atom. The van der Waals surface area contributed by atoms with Crippen LogP contribution in [0.25, 0.3) is 0 Å². The Morgan fingerprint density at radius 3 is 2.86 bits per heavy atom. The standard InChI is InChI=1S/C19H21N9O5S3/c1-2-33-26-11(9-7-35-18(21)23-9)14(29)25-12-15(30)28-13(17(31)32)8(5-34-16(12)28)6-36-19-24-10(20)3-4-27(19)22/h3-4,7,12,16,20H,2,5-6,22H2,1H3,(H4,21,23,25,29,31,32)/p+1/b26-11-/t12?,16-/m1/s1. The van der Waals surface area contributed by atoms with Crippen LogP contribution in [0.5, 0.6) is 0 Å². The van der Waals surface area contributed by atoms with Crippen molar-refractivity contribution in [3.05, 3.63) is 34.6 Å². The number of nitrogen functional groups attached to an aromatic ring is 3. The Bertz CT molecular complexity index is 1280. The van der Waals surface area contributed by atoms with Gasteiger partial charge < -0.3 is 26.7 Å². The van der Waals surface area contributed by atoms with E-state index in [4.69, 9.17) is 22.1 Å². The maximum absolute atomic E-state index is 13.0. The van der Waals surface area contributed by atoms with Gasteiger partial charge in [0.1, 0.15) is 35.6 Å². The Hall–Kier alpha value is -3.57. The number of hydrogen-bond acceptors (Lipinski definition) is 13. The highest BCUT2D eigenvalue weighted by Crippen LogP contribution is 2.41. The number of rotatable bonds is 9. The molecule has 14 nitrogen and oxygen atoms in total. The van der Waals surface area contributed by atoms with Crippen LogP contribution in [-0.4, -0.2) is 73.0 Å². The van der Waals surface area contributed by atoms with Gasteiger partial charge in [-0.25, -0.2) is 9.78 Å². The van der Waals surface area contributed by atoms with Crippen molar-refractivity contribution >= 4 is 69.3 Å². The molecule has 4 rings (SSSR count). The number of nitrogens with one attached hydrogen (secondary N) is 1. The number of carbonyl (C=O) groups excluding carboxylic acids is 2. The van der Waals surface area contributed by atoms with E-state index in [0.29, 0.717) is 16.5 Å². The minimum absolute atomic E-state index is 0.121. The summed E-state index contributed by atoms with van der Waals surface area (Å²) in [5.74, 6) is 4.20. The Balaban J connectivity index is 1.50. The topological polar surface area (TPSA) is 216 Å². The lowest BCUT2D eigenvalue weighted by Crippen LogP contribution is -2.71. The number of anilines is 2. The summed E-state index contributed by atoms with van der Waals surface area (Å²) in [4.78, 5) is 52.4. The molecule has 1 fully saturated rings. The second kappa shape index (κ2) is 10.6. The van der Waals surface area contributed by atoms with E-state index in [-0.39, 0.29) is 40.4 Å². The summed E-state index contributed by atoms with van der Waals surface area (Å²) in [5.41, 5.74) is 11.8. The van der Waals surface area contributed by atoms with E-state index in [9.17, 15) is 19.5 Å². The van der Waals surface area contributed by atoms with Crippen molar-refractivity contribution in [2.75, 3.05) is 35.4 Å². The number of aromatic nitrogens is 3. The van der Waals surface area contributed by atoms with E-state index >= 15 is 0 Å². The van der Waals surface area contributed by atoms with Crippen molar-refractivity contribution < 1.29 is 29.0 Å². The van der Waals surface area contributed by atoms with Crippen molar-refractivity contribution in [2.24, 2.45) is 5.16 Å². The third kappa shape index (κ3) is 5.02. The third-order valence-electron chi connectivity index (χ3n) is 5.03. The van der Waals surface area contributed by atoms with Crippen molar-refractivity contribution in [1.29, 1.82) is 0 Å². The molecule has 0 spiro atoms. The summed E-state index contributed by atoms with van der Waals surface area (Å²) in [6.07, 6.45) is 1.54. The van der Waals surface area contributed by atoms with Crippen LogP contribution in [0.2, 0.25) is 0 Å². The third-order valence-corrected chi connectivity index (χ3v) is 8.09. The van der Waals surface area contributed by atoms with Gasteiger partial charge in [0.25, 0.3) is 11.8 Å². The molecule has 36 heavy (non-hydrogen) atoms. The highest BCUT2D eigenvalue weighted by atomic mass is 32.2. The Kier molecular flexibility index (Phi) is 7.51. The maximum Gasteiger partial charge on any atom is 0.384 e. The largest absolute Gasteiger partial charge is 0.477 e. The molecular formula is C19H22N9O5S3+. The number of amides is 2. The molecule has 2 aliphatic rings. The smallest absolute Gasteiger partial charge is 0.384 e. The van der Waals surface area contributed by atoms with Crippen LogP contribution < -0.4 is 27.3 Å². The second-order valence-electron chi connectivity index (χ2n) is 7.38. The van der Waals surface area contributed by atoms with Gasteiger partial charge in [-0.05, 0) is 29.2 Å². The first kappa shape index (κ1) is 25.5. The minimum Gasteiger partial charge on any atom is -0.477 e. The van der Waals surface area contributed by atoms with Crippen LogP contribution in [0.4, 0.5) is 10.9 Å². The van der Waals surface area contributed by atoms with Gasteiger partial charge >= 0.3 is 11.1 Å². The fourth-order valence-corrected chi connectivity index (χ4v) is 6.36. The molecule has 2 aliphatic heterocycles. The van der Waals surface area contributed by atoms with Crippen molar-refractivity contribution in [3.8, 4) is 0 Å². The molecule has 4 heterocycles. The fraction of sp³-hybridized carbons (Fsp3) is 0.316. The lowest BCUT2D eigenvalue weighted by atomic mass is 10.0. The first-order chi connectivity index (χ1) is 17.2. The number of β-lactam (4-membered cyclic amide) rings is 1. The van der Waals surface area contributed by atoms with Crippen LogP contribution in [0.15, 0.2) is 39.2 Å². The molecule has 0 bridgehead atoms. The summed E-state index contributed by atoms with van der Waals surface area (Å²) >= 11 is 3.66. The molecule has 8 N–H and O–H groups in total. The first-order valence-electron chi connectivity index (χ1n) is 10.4. The molecule has 2 aromatic heterocycles. The number of carboxylic acids is 1. The summed E-state index contributed by atoms with van der Waals surface area (Å²) < 4.78 is 1.28. The van der Waals surface area contributed by atoms with Crippen LogP contribution in [0.3, 0.4) is 0 Å². The summed E-state index contributed by atoms with van der Waals surface area (Å²) in [7, 11) is 0. The number of carboxylic acid groups (broad SMARTS) is 1. The van der Waals surface area contributed by atoms with Gasteiger partial charge in [-0.2, -0.15) is 0 Å². The first-order valence-corrected chi connectivity index (χ1v) is 13.3. The van der Waals surface area contributed by atoms with Crippen LogP contribution >= 0.6 is 34.9 Å². The molecule has 0 aliphatic carbocycles. The van der Waals surface area contributed by atoms with Crippen molar-refractivity contribution in [2.45, 2.75) is 23.5 Å². The zero-order valence-corrected chi connectivity index (χ0v) is 21.2. The summed E-state index contributed by atoms with van der Waals surface area (Å²) in [6, 6.07) is 0.587. The molecular weight excluding hydrogens is 530 g/mol. The second-order valence-corrected chi connectivity index (χ2v) is 10.3. The van der Waals surface area contributed by atoms with Gasteiger partial charge in [0, 0.05) is 23.0 Å². The van der Waals surface area contributed by atoms with Gasteiger partial charge in [0.2, 0.25) is 5.82 Å². The van der Waals surface area contributed by atoms with E-state index in [0.717, 1.165) is 11.3 Å². The van der Waals surface area contributed by atoms with Crippen molar-refractivity contribution in [3.63, 3.8) is 0 Å². The van der Waals surface area contributed by atoms with E-state index in [1.54, 1.807) is 12.3 Å². The average Bonchev–Trinajstić information content (AvgIpc) is 3.28. The predicted octanol–water partition coefficient (Wildman–Crippen LogP) is -1.02. The predicted molar refractivity (Wildman–Crippen MR) is 134 cm³/mol. The molecule has 0 saturated carbocycles. The molecule has 17 heteroatoms. The maximum atomic E-state index is 13.0. The monoisotopic (exact) mass is 552 g/mol. The zero-order valence-electron chi connectivity index (χ0n) is 18.8. The van der Waals surface area contributed by atoms with E-state index in [1.165, 1.54) is 45.4 Å². The Labute approximate surface area is 216 Å². The Morgan fingerprint density at radius 2 is 2.19 bits per heavy atom. The van der Waals surface area contributed by atoms with Gasteiger partial charge in [0.05, 0.1) is 0 Å². The molecule has 1 unspecified atom stereocenters. The van der Waals surface area contributed by atoms with E-state index < -0.39 is 29.2 Å². The lowest BCUT2D eigenvalue weighted by molar-refractivity contribution is -0.682. The SMILES string of the molecule is CCO/N=C(\C(=O)NC1C(=O)N2C(C(=O)O)=C(CSc3nc(N)cc[n+]3N)CS[C@H]12)c1csc(N)n1. The van der Waals surface area contributed by atoms with Crippen molar-refractivity contribution in [1.82, 2.24) is 20.2 Å². The number of thiazole rings is 1. The van der Waals surface area contributed by atoms with Crippen LogP contribution in [-0.2, 0) is 19.2 Å². The number of fused-ring (bicyclic) bond motifs is 1.